The molecule has 1 heterocycles. The van der Waals surface area contributed by atoms with Crippen LogP contribution in [0, 0.1) is 0 Å². The van der Waals surface area contributed by atoms with Crippen molar-refractivity contribution in [3.63, 3.8) is 0 Å². The van der Waals surface area contributed by atoms with Crippen LogP contribution in [0.4, 0.5) is 0 Å². The number of carbonyl (C=O) groups excluding carboxylic acids is 3. The fraction of sp³-hybridized carbons (Fsp3) is 0.438. The molecule has 1 aliphatic heterocycles. The number of fused-ring (bicyclic) bond motifs is 1. The average Bonchev–Trinajstić information content (AvgIpc) is 3.01. The van der Waals surface area contributed by atoms with Gasteiger partial charge in [0.05, 0.1) is 6.54 Å². The van der Waals surface area contributed by atoms with Crippen LogP contribution in [0.3, 0.4) is 0 Å². The predicted molar refractivity (Wildman–Crippen MR) is 77.6 cm³/mol. The number of hydrogen-bond donors (Lipinski definition) is 2. The second-order valence-electron chi connectivity index (χ2n) is 5.84. The molecule has 6 heteroatoms. The number of aryl methyl sites for hydroxylation is 1. The molecule has 0 unspecified atom stereocenters. The van der Waals surface area contributed by atoms with Gasteiger partial charge in [0.15, 0.2) is 0 Å². The number of imide groups is 1. The molecule has 1 fully saturated rings. The number of nitrogens with zero attached hydrogens (tertiary/aromatic N) is 1. The summed E-state index contributed by atoms with van der Waals surface area (Å²) >= 11 is 0. The van der Waals surface area contributed by atoms with E-state index in [4.69, 9.17) is 0 Å². The van der Waals surface area contributed by atoms with E-state index in [-0.39, 0.29) is 37.7 Å². The third-order valence-corrected chi connectivity index (χ3v) is 4.36. The van der Waals surface area contributed by atoms with Crippen molar-refractivity contribution in [2.24, 2.45) is 0 Å². The summed E-state index contributed by atoms with van der Waals surface area (Å²) in [5.41, 5.74) is 0.846. The molecule has 1 saturated heterocycles. The third kappa shape index (κ3) is 2.62. The molecular formula is C16H18N2O4. The summed E-state index contributed by atoms with van der Waals surface area (Å²) in [5, 5.41) is 13.3. The van der Waals surface area contributed by atoms with Crippen LogP contribution in [-0.2, 0) is 26.4 Å². The Labute approximate surface area is 128 Å². The first-order chi connectivity index (χ1) is 10.5. The summed E-state index contributed by atoms with van der Waals surface area (Å²) in [4.78, 5) is 35.9. The Balaban J connectivity index is 1.60. The number of nitrogens with one attached hydrogen (secondary N) is 1. The highest BCUT2D eigenvalue weighted by Gasteiger charge is 2.37. The molecule has 0 aromatic heterocycles. The molecule has 22 heavy (non-hydrogen) atoms. The van der Waals surface area contributed by atoms with Gasteiger partial charge in [0.2, 0.25) is 17.7 Å². The summed E-state index contributed by atoms with van der Waals surface area (Å²) in [6, 6.07) is 7.62. The smallest absolute Gasteiger partial charge is 0.240 e. The minimum Gasteiger partial charge on any atom is -0.383 e. The molecule has 1 aromatic carbocycles. The van der Waals surface area contributed by atoms with Gasteiger partial charge in [-0.25, -0.2) is 0 Å². The van der Waals surface area contributed by atoms with E-state index in [9.17, 15) is 19.5 Å². The largest absolute Gasteiger partial charge is 0.383 e. The molecule has 1 aliphatic carbocycles. The van der Waals surface area contributed by atoms with Crippen molar-refractivity contribution in [2.45, 2.75) is 31.3 Å². The van der Waals surface area contributed by atoms with Gasteiger partial charge < -0.3 is 10.4 Å². The minimum absolute atomic E-state index is 0.0824. The van der Waals surface area contributed by atoms with Gasteiger partial charge in [0, 0.05) is 12.8 Å². The summed E-state index contributed by atoms with van der Waals surface area (Å²) in [7, 11) is 0. The zero-order chi connectivity index (χ0) is 15.7. The van der Waals surface area contributed by atoms with Crippen LogP contribution >= 0.6 is 0 Å². The number of likely N-dealkylation sites (tertiary alicyclic amines) is 1. The zero-order valence-corrected chi connectivity index (χ0v) is 12.2. The Hall–Kier alpha value is -2.21. The van der Waals surface area contributed by atoms with Crippen LogP contribution in [-0.4, -0.2) is 40.8 Å². The first-order valence-corrected chi connectivity index (χ1v) is 7.40. The normalized spacial score (nSPS) is 23.8. The van der Waals surface area contributed by atoms with Gasteiger partial charge in [-0.2, -0.15) is 0 Å². The fourth-order valence-corrected chi connectivity index (χ4v) is 3.10. The first-order valence-electron chi connectivity index (χ1n) is 7.40. The highest BCUT2D eigenvalue weighted by atomic mass is 16.3. The van der Waals surface area contributed by atoms with E-state index in [1.165, 1.54) is 0 Å². The monoisotopic (exact) mass is 302 g/mol. The summed E-state index contributed by atoms with van der Waals surface area (Å²) in [5.74, 6) is -1.06. The predicted octanol–water partition coefficient (Wildman–Crippen LogP) is 0.0856. The lowest BCUT2D eigenvalue weighted by Crippen LogP contribution is -2.45. The van der Waals surface area contributed by atoms with Crippen molar-refractivity contribution < 1.29 is 19.5 Å². The van der Waals surface area contributed by atoms with Gasteiger partial charge in [-0.1, -0.05) is 24.3 Å². The maximum absolute atomic E-state index is 11.9. The quantitative estimate of drug-likeness (QED) is 0.772. The molecule has 3 amide bonds. The van der Waals surface area contributed by atoms with Crippen molar-refractivity contribution in [3.05, 3.63) is 35.4 Å². The van der Waals surface area contributed by atoms with Gasteiger partial charge in [-0.15, -0.1) is 0 Å². The third-order valence-electron chi connectivity index (χ3n) is 4.36. The summed E-state index contributed by atoms with van der Waals surface area (Å²) in [6.45, 7) is -0.186. The maximum Gasteiger partial charge on any atom is 0.240 e. The molecule has 2 aliphatic rings. The second-order valence-corrected chi connectivity index (χ2v) is 5.84. The van der Waals surface area contributed by atoms with Crippen LogP contribution in [0.2, 0.25) is 0 Å². The number of benzene rings is 1. The number of hydrogen-bond acceptors (Lipinski definition) is 4. The van der Waals surface area contributed by atoms with Crippen molar-refractivity contribution >= 4 is 17.7 Å². The average molecular weight is 302 g/mol. The Morgan fingerprint density at radius 1 is 1.18 bits per heavy atom. The van der Waals surface area contributed by atoms with E-state index >= 15 is 0 Å². The van der Waals surface area contributed by atoms with Crippen LogP contribution in [0.15, 0.2) is 24.3 Å². The lowest BCUT2D eigenvalue weighted by atomic mass is 9.96. The summed E-state index contributed by atoms with van der Waals surface area (Å²) < 4.78 is 0. The van der Waals surface area contributed by atoms with E-state index in [0.29, 0.717) is 6.42 Å². The van der Waals surface area contributed by atoms with Gasteiger partial charge in [-0.3, -0.25) is 19.3 Å². The lowest BCUT2D eigenvalue weighted by Gasteiger charge is -2.25. The van der Waals surface area contributed by atoms with E-state index < -0.39 is 11.5 Å². The Morgan fingerprint density at radius 2 is 1.86 bits per heavy atom. The molecular weight excluding hydrogens is 284 g/mol. The lowest BCUT2D eigenvalue weighted by molar-refractivity contribution is -0.142. The molecule has 1 atom stereocenters. The highest BCUT2D eigenvalue weighted by Crippen LogP contribution is 2.36. The Morgan fingerprint density at radius 3 is 2.59 bits per heavy atom. The molecule has 1 aromatic rings. The van der Waals surface area contributed by atoms with E-state index in [1.54, 1.807) is 0 Å². The van der Waals surface area contributed by atoms with E-state index in [0.717, 1.165) is 22.4 Å². The number of aliphatic hydroxyl groups is 1. The van der Waals surface area contributed by atoms with E-state index in [1.807, 2.05) is 24.3 Å². The van der Waals surface area contributed by atoms with Crippen molar-refractivity contribution in [1.82, 2.24) is 10.2 Å². The molecule has 6 nitrogen and oxygen atoms in total. The Bertz CT molecular complexity index is 627. The standard InChI is InChI=1S/C16H18N2O4/c19-13(9-18-14(20)5-6-15(18)21)17-10-16(22)8-7-11-3-1-2-4-12(11)16/h1-4,22H,5-10H2,(H,17,19)/t16-/m0/s1. The van der Waals surface area contributed by atoms with E-state index in [2.05, 4.69) is 5.32 Å². The molecule has 0 radical (unpaired) electrons. The molecule has 3 rings (SSSR count). The fourth-order valence-electron chi connectivity index (χ4n) is 3.10. The van der Waals surface area contributed by atoms with Gasteiger partial charge in [-0.05, 0) is 24.0 Å². The van der Waals surface area contributed by atoms with Crippen molar-refractivity contribution in [2.75, 3.05) is 13.1 Å². The van der Waals surface area contributed by atoms with Gasteiger partial charge in [0.25, 0.3) is 0 Å². The van der Waals surface area contributed by atoms with Crippen LogP contribution < -0.4 is 5.32 Å². The minimum atomic E-state index is -1.08. The SMILES string of the molecule is O=C(CN1C(=O)CCC1=O)NC[C@@]1(O)CCc2ccccc21. The molecule has 0 spiro atoms. The topological polar surface area (TPSA) is 86.7 Å². The zero-order valence-electron chi connectivity index (χ0n) is 12.2. The molecule has 116 valence electrons. The number of amides is 3. The molecule has 0 bridgehead atoms. The Kier molecular flexibility index (Phi) is 3.70. The first kappa shape index (κ1) is 14.7. The molecule has 2 N–H and O–H groups in total. The van der Waals surface area contributed by atoms with Crippen LogP contribution in [0.5, 0.6) is 0 Å². The molecule has 0 saturated carbocycles. The van der Waals surface area contributed by atoms with Crippen LogP contribution in [0.1, 0.15) is 30.4 Å². The van der Waals surface area contributed by atoms with Gasteiger partial charge >= 0.3 is 0 Å². The van der Waals surface area contributed by atoms with Crippen molar-refractivity contribution in [3.8, 4) is 0 Å². The number of carbonyl (C=O) groups is 3. The number of rotatable bonds is 4. The second kappa shape index (κ2) is 5.53. The summed E-state index contributed by atoms with van der Waals surface area (Å²) in [6.07, 6.45) is 1.66. The van der Waals surface area contributed by atoms with Crippen LogP contribution in [0.25, 0.3) is 0 Å². The maximum atomic E-state index is 11.9. The van der Waals surface area contributed by atoms with Crippen molar-refractivity contribution in [1.29, 1.82) is 0 Å². The highest BCUT2D eigenvalue weighted by molar-refractivity contribution is 6.04. The van der Waals surface area contributed by atoms with Gasteiger partial charge in [0.1, 0.15) is 12.1 Å².